The van der Waals surface area contributed by atoms with E-state index >= 15 is 0 Å². The zero-order chi connectivity index (χ0) is 14.8. The van der Waals surface area contributed by atoms with Crippen LogP contribution in [0.3, 0.4) is 0 Å². The first-order chi connectivity index (χ1) is 8.64. The molecule has 0 aromatic carbocycles. The number of aromatic amines is 1. The predicted octanol–water partition coefficient (Wildman–Crippen LogP) is -0.344. The molecule has 1 aromatic rings. The Balaban J connectivity index is 2.93. The predicted molar refractivity (Wildman–Crippen MR) is 77.5 cm³/mol. The van der Waals surface area contributed by atoms with Gasteiger partial charge in [-0.25, -0.2) is 4.79 Å². The summed E-state index contributed by atoms with van der Waals surface area (Å²) in [6.45, 7) is 5.62. The zero-order valence-electron chi connectivity index (χ0n) is 12.2. The van der Waals surface area contributed by atoms with E-state index < -0.39 is 11.2 Å². The standard InChI is InChI=1S/C12H23N5O2/c1-12(2,7-16(3)4)6-14-8-9(13)17(5)11(19)15-10(8)18/h14H,6-7,13H2,1-5H3,(H,15,18,19). The molecule has 0 saturated carbocycles. The Morgan fingerprint density at radius 3 is 2.47 bits per heavy atom. The Labute approximate surface area is 112 Å². The Morgan fingerprint density at radius 1 is 1.37 bits per heavy atom. The van der Waals surface area contributed by atoms with Crippen molar-refractivity contribution in [2.75, 3.05) is 38.2 Å². The van der Waals surface area contributed by atoms with Gasteiger partial charge in [0.15, 0.2) is 0 Å². The van der Waals surface area contributed by atoms with Crippen LogP contribution in [-0.4, -0.2) is 41.6 Å². The topological polar surface area (TPSA) is 96.2 Å². The summed E-state index contributed by atoms with van der Waals surface area (Å²) in [7, 11) is 5.51. The van der Waals surface area contributed by atoms with Crippen molar-refractivity contribution in [2.24, 2.45) is 12.5 Å². The highest BCUT2D eigenvalue weighted by atomic mass is 16.2. The minimum Gasteiger partial charge on any atom is -0.383 e. The van der Waals surface area contributed by atoms with Crippen LogP contribution < -0.4 is 22.3 Å². The first kappa shape index (κ1) is 15.3. The van der Waals surface area contributed by atoms with Gasteiger partial charge in [0.25, 0.3) is 5.56 Å². The van der Waals surface area contributed by atoms with Crippen molar-refractivity contribution < 1.29 is 0 Å². The number of rotatable bonds is 5. The number of H-pyrrole nitrogens is 1. The normalized spacial score (nSPS) is 11.9. The van der Waals surface area contributed by atoms with Gasteiger partial charge in [0.05, 0.1) is 0 Å². The molecule has 0 aliphatic rings. The van der Waals surface area contributed by atoms with Crippen LogP contribution in [0, 0.1) is 5.41 Å². The SMILES string of the molecule is CN(C)CC(C)(C)CNc1c(N)n(C)c(=O)[nH]c1=O. The third-order valence-corrected chi connectivity index (χ3v) is 2.86. The van der Waals surface area contributed by atoms with E-state index in [1.807, 2.05) is 14.1 Å². The van der Waals surface area contributed by atoms with Gasteiger partial charge >= 0.3 is 5.69 Å². The minimum absolute atomic E-state index is 0.0307. The summed E-state index contributed by atoms with van der Waals surface area (Å²) in [6, 6.07) is 0. The van der Waals surface area contributed by atoms with Crippen molar-refractivity contribution in [2.45, 2.75) is 13.8 Å². The molecule has 0 radical (unpaired) electrons. The third-order valence-electron chi connectivity index (χ3n) is 2.86. The van der Waals surface area contributed by atoms with Gasteiger partial charge in [-0.1, -0.05) is 13.8 Å². The summed E-state index contributed by atoms with van der Waals surface area (Å²) >= 11 is 0. The van der Waals surface area contributed by atoms with E-state index in [2.05, 4.69) is 29.0 Å². The van der Waals surface area contributed by atoms with Crippen LogP contribution >= 0.6 is 0 Å². The van der Waals surface area contributed by atoms with Crippen molar-refractivity contribution >= 4 is 11.5 Å². The summed E-state index contributed by atoms with van der Waals surface area (Å²) in [4.78, 5) is 27.4. The number of nitrogen functional groups attached to an aromatic ring is 1. The van der Waals surface area contributed by atoms with E-state index in [9.17, 15) is 9.59 Å². The Hall–Kier alpha value is -1.76. The molecule has 0 bridgehead atoms. The molecule has 0 spiro atoms. The maximum Gasteiger partial charge on any atom is 0.329 e. The number of nitrogens with two attached hydrogens (primary N) is 1. The largest absolute Gasteiger partial charge is 0.383 e. The molecule has 1 rings (SSSR count). The highest BCUT2D eigenvalue weighted by molar-refractivity contribution is 5.60. The quantitative estimate of drug-likeness (QED) is 0.679. The highest BCUT2D eigenvalue weighted by Crippen LogP contribution is 2.18. The van der Waals surface area contributed by atoms with Crippen molar-refractivity contribution in [3.63, 3.8) is 0 Å². The zero-order valence-corrected chi connectivity index (χ0v) is 12.2. The van der Waals surface area contributed by atoms with Gasteiger partial charge in [0, 0.05) is 20.1 Å². The maximum atomic E-state index is 11.7. The van der Waals surface area contributed by atoms with Gasteiger partial charge in [-0.3, -0.25) is 14.3 Å². The molecule has 0 amide bonds. The van der Waals surface area contributed by atoms with E-state index in [-0.39, 0.29) is 16.9 Å². The molecule has 19 heavy (non-hydrogen) atoms. The molecule has 1 aromatic heterocycles. The summed E-state index contributed by atoms with van der Waals surface area (Å²) < 4.78 is 1.21. The van der Waals surface area contributed by atoms with Gasteiger partial charge in [-0.2, -0.15) is 0 Å². The lowest BCUT2D eigenvalue weighted by atomic mass is 9.93. The fourth-order valence-electron chi connectivity index (χ4n) is 2.05. The molecule has 0 fully saturated rings. The molecule has 0 unspecified atom stereocenters. The molecule has 0 aliphatic heterocycles. The molecule has 0 saturated heterocycles. The second kappa shape index (κ2) is 5.48. The number of hydrogen-bond donors (Lipinski definition) is 3. The molecule has 4 N–H and O–H groups in total. The van der Waals surface area contributed by atoms with Gasteiger partial charge in [0.2, 0.25) is 0 Å². The average Bonchev–Trinajstić information content (AvgIpc) is 2.24. The summed E-state index contributed by atoms with van der Waals surface area (Å²) in [6.07, 6.45) is 0. The first-order valence-corrected chi connectivity index (χ1v) is 6.11. The second-order valence-corrected chi connectivity index (χ2v) is 5.83. The maximum absolute atomic E-state index is 11.7. The Kier molecular flexibility index (Phi) is 4.41. The molecule has 0 atom stereocenters. The first-order valence-electron chi connectivity index (χ1n) is 6.11. The van der Waals surface area contributed by atoms with Crippen LogP contribution in [-0.2, 0) is 7.05 Å². The van der Waals surface area contributed by atoms with E-state index in [1.54, 1.807) is 0 Å². The molecule has 7 nitrogen and oxygen atoms in total. The monoisotopic (exact) mass is 269 g/mol. The fraction of sp³-hybridized carbons (Fsp3) is 0.667. The van der Waals surface area contributed by atoms with Gasteiger partial charge in [-0.15, -0.1) is 0 Å². The molecule has 7 heteroatoms. The second-order valence-electron chi connectivity index (χ2n) is 5.83. The van der Waals surface area contributed by atoms with Crippen LogP contribution in [0.2, 0.25) is 0 Å². The lowest BCUT2D eigenvalue weighted by Crippen LogP contribution is -2.37. The molecule has 0 aliphatic carbocycles. The van der Waals surface area contributed by atoms with Crippen LogP contribution in [0.25, 0.3) is 0 Å². The summed E-state index contributed by atoms with van der Waals surface area (Å²) in [5.74, 6) is 0.148. The van der Waals surface area contributed by atoms with Crippen molar-refractivity contribution in [3.05, 3.63) is 20.8 Å². The minimum atomic E-state index is -0.513. The average molecular weight is 269 g/mol. The number of anilines is 2. The van der Waals surface area contributed by atoms with Crippen LogP contribution in [0.15, 0.2) is 9.59 Å². The van der Waals surface area contributed by atoms with Crippen LogP contribution in [0.5, 0.6) is 0 Å². The molecular formula is C12H23N5O2. The summed E-state index contributed by atoms with van der Waals surface area (Å²) in [5.41, 5.74) is 5.00. The lowest BCUT2D eigenvalue weighted by Gasteiger charge is -2.29. The van der Waals surface area contributed by atoms with Crippen LogP contribution in [0.4, 0.5) is 11.5 Å². The smallest absolute Gasteiger partial charge is 0.329 e. The number of aromatic nitrogens is 2. The van der Waals surface area contributed by atoms with E-state index in [0.717, 1.165) is 6.54 Å². The Bertz CT molecular complexity index is 556. The van der Waals surface area contributed by atoms with Gasteiger partial charge in [0.1, 0.15) is 11.5 Å². The Morgan fingerprint density at radius 2 is 1.95 bits per heavy atom. The van der Waals surface area contributed by atoms with E-state index in [0.29, 0.717) is 6.54 Å². The number of nitrogens with one attached hydrogen (secondary N) is 2. The van der Waals surface area contributed by atoms with E-state index in [1.165, 1.54) is 11.6 Å². The summed E-state index contributed by atoms with van der Waals surface area (Å²) in [5, 5.41) is 3.04. The van der Waals surface area contributed by atoms with Crippen molar-refractivity contribution in [3.8, 4) is 0 Å². The molecule has 108 valence electrons. The van der Waals surface area contributed by atoms with Crippen molar-refractivity contribution in [1.29, 1.82) is 0 Å². The number of hydrogen-bond acceptors (Lipinski definition) is 5. The van der Waals surface area contributed by atoms with Crippen molar-refractivity contribution in [1.82, 2.24) is 14.5 Å². The lowest BCUT2D eigenvalue weighted by molar-refractivity contribution is 0.254. The van der Waals surface area contributed by atoms with Crippen LogP contribution in [0.1, 0.15) is 13.8 Å². The molecular weight excluding hydrogens is 246 g/mol. The third kappa shape index (κ3) is 3.85. The van der Waals surface area contributed by atoms with Gasteiger partial charge in [-0.05, 0) is 19.5 Å². The fourth-order valence-corrected chi connectivity index (χ4v) is 2.05. The van der Waals surface area contributed by atoms with E-state index in [4.69, 9.17) is 5.73 Å². The van der Waals surface area contributed by atoms with Gasteiger partial charge < -0.3 is 16.0 Å². The highest BCUT2D eigenvalue weighted by Gasteiger charge is 2.20. The molecule has 1 heterocycles. The number of nitrogens with zero attached hydrogens (tertiary/aromatic N) is 2.